The topological polar surface area (TPSA) is 41.5 Å². The second kappa shape index (κ2) is 7.81. The van der Waals surface area contributed by atoms with Crippen LogP contribution in [0.2, 0.25) is 0 Å². The van der Waals surface area contributed by atoms with Crippen LogP contribution in [0.25, 0.3) is 0 Å². The van der Waals surface area contributed by atoms with Gasteiger partial charge in [0, 0.05) is 25.3 Å². The van der Waals surface area contributed by atoms with Crippen LogP contribution in [0.5, 0.6) is 5.75 Å². The molecule has 0 aliphatic carbocycles. The van der Waals surface area contributed by atoms with Gasteiger partial charge >= 0.3 is 0 Å². The minimum absolute atomic E-state index is 0.141. The number of methoxy groups -OCH3 is 1. The molecule has 0 bridgehead atoms. The van der Waals surface area contributed by atoms with Crippen LogP contribution in [0.4, 0.5) is 0 Å². The summed E-state index contributed by atoms with van der Waals surface area (Å²) < 4.78 is 5.24. The molecule has 0 heterocycles. The number of nitrogens with one attached hydrogen (secondary N) is 1. The van der Waals surface area contributed by atoms with Crippen molar-refractivity contribution in [3.05, 3.63) is 65.2 Å². The summed E-state index contributed by atoms with van der Waals surface area (Å²) >= 11 is 0. The molecule has 112 valence electrons. The Hall–Kier alpha value is -1.84. The van der Waals surface area contributed by atoms with E-state index in [1.54, 1.807) is 13.2 Å². The molecular formula is C18H23NO2. The van der Waals surface area contributed by atoms with Crippen molar-refractivity contribution >= 4 is 0 Å². The average molecular weight is 285 g/mol. The maximum Gasteiger partial charge on any atom is 0.120 e. The molecule has 0 aliphatic heterocycles. The van der Waals surface area contributed by atoms with Crippen LogP contribution < -0.4 is 5.32 Å². The molecule has 1 atom stereocenters. The molecule has 2 rings (SSSR count). The molecule has 0 aliphatic rings. The molecule has 0 saturated carbocycles. The van der Waals surface area contributed by atoms with Gasteiger partial charge in [0.25, 0.3) is 0 Å². The van der Waals surface area contributed by atoms with Gasteiger partial charge in [-0.3, -0.25) is 0 Å². The van der Waals surface area contributed by atoms with Gasteiger partial charge in [0.1, 0.15) is 5.75 Å². The maximum atomic E-state index is 9.99. The van der Waals surface area contributed by atoms with Crippen molar-refractivity contribution in [1.29, 1.82) is 0 Å². The van der Waals surface area contributed by atoms with E-state index in [9.17, 15) is 5.11 Å². The van der Waals surface area contributed by atoms with Crippen LogP contribution in [0.15, 0.2) is 48.5 Å². The number of benzene rings is 2. The number of aromatic hydroxyl groups is 1. The highest BCUT2D eigenvalue weighted by atomic mass is 16.5. The van der Waals surface area contributed by atoms with Crippen molar-refractivity contribution in [2.75, 3.05) is 7.11 Å². The molecule has 0 fully saturated rings. The number of phenolic OH excluding ortho intramolecular Hbond substituents is 1. The number of para-hydroxylation sites is 1. The Bertz CT molecular complexity index is 569. The van der Waals surface area contributed by atoms with E-state index >= 15 is 0 Å². The van der Waals surface area contributed by atoms with Crippen LogP contribution in [0.1, 0.15) is 36.1 Å². The number of hydrogen-bond acceptors (Lipinski definition) is 3. The molecule has 0 saturated heterocycles. The number of phenols is 1. The zero-order valence-corrected chi connectivity index (χ0v) is 12.7. The van der Waals surface area contributed by atoms with Crippen molar-refractivity contribution in [2.24, 2.45) is 0 Å². The van der Waals surface area contributed by atoms with Gasteiger partial charge in [-0.2, -0.15) is 0 Å². The Labute approximate surface area is 126 Å². The normalized spacial score (nSPS) is 12.3. The first-order chi connectivity index (χ1) is 10.3. The first-order valence-electron chi connectivity index (χ1n) is 7.33. The Morgan fingerprint density at radius 2 is 1.71 bits per heavy atom. The lowest BCUT2D eigenvalue weighted by atomic mass is 10.0. The van der Waals surface area contributed by atoms with Crippen molar-refractivity contribution in [1.82, 2.24) is 5.32 Å². The van der Waals surface area contributed by atoms with Crippen LogP contribution >= 0.6 is 0 Å². The second-order valence-electron chi connectivity index (χ2n) is 5.10. The van der Waals surface area contributed by atoms with Crippen LogP contribution in [-0.2, 0) is 17.9 Å². The molecule has 2 aromatic carbocycles. The van der Waals surface area contributed by atoms with E-state index in [1.165, 1.54) is 11.1 Å². The molecule has 2 aromatic rings. The first kappa shape index (κ1) is 15.5. The molecule has 1 unspecified atom stereocenters. The summed E-state index contributed by atoms with van der Waals surface area (Å²) in [6.45, 7) is 3.49. The van der Waals surface area contributed by atoms with Crippen molar-refractivity contribution in [3.8, 4) is 5.75 Å². The van der Waals surface area contributed by atoms with Gasteiger partial charge < -0.3 is 15.2 Å². The highest BCUT2D eigenvalue weighted by molar-refractivity contribution is 5.35. The first-order valence-corrected chi connectivity index (χ1v) is 7.33. The number of ether oxygens (including phenoxy) is 1. The van der Waals surface area contributed by atoms with Gasteiger partial charge in [-0.05, 0) is 23.6 Å². The Kier molecular flexibility index (Phi) is 5.78. The van der Waals surface area contributed by atoms with Crippen molar-refractivity contribution < 1.29 is 9.84 Å². The summed E-state index contributed by atoms with van der Waals surface area (Å²) in [6.07, 6.45) is 0.921. The largest absolute Gasteiger partial charge is 0.508 e. The van der Waals surface area contributed by atoms with Crippen LogP contribution in [0.3, 0.4) is 0 Å². The fourth-order valence-corrected chi connectivity index (χ4v) is 2.52. The minimum Gasteiger partial charge on any atom is -0.508 e. The average Bonchev–Trinajstić information content (AvgIpc) is 2.51. The van der Waals surface area contributed by atoms with E-state index in [4.69, 9.17) is 4.74 Å². The monoisotopic (exact) mass is 285 g/mol. The van der Waals surface area contributed by atoms with E-state index in [1.807, 2.05) is 30.3 Å². The van der Waals surface area contributed by atoms with Crippen molar-refractivity contribution in [3.63, 3.8) is 0 Å². The summed E-state index contributed by atoms with van der Waals surface area (Å²) in [4.78, 5) is 0. The summed E-state index contributed by atoms with van der Waals surface area (Å²) in [5, 5.41) is 13.5. The summed E-state index contributed by atoms with van der Waals surface area (Å²) in [5.41, 5.74) is 3.37. The Morgan fingerprint density at radius 3 is 2.38 bits per heavy atom. The molecule has 0 aromatic heterocycles. The quantitative estimate of drug-likeness (QED) is 0.813. The predicted molar refractivity (Wildman–Crippen MR) is 85.1 cm³/mol. The maximum absolute atomic E-state index is 9.99. The highest BCUT2D eigenvalue weighted by Crippen LogP contribution is 2.26. The SMILES string of the molecule is CCC(NCc1ccccc1COC)c1ccccc1O. The van der Waals surface area contributed by atoms with E-state index < -0.39 is 0 Å². The van der Waals surface area contributed by atoms with Crippen LogP contribution in [-0.4, -0.2) is 12.2 Å². The number of hydrogen-bond donors (Lipinski definition) is 2. The van der Waals surface area contributed by atoms with E-state index in [-0.39, 0.29) is 6.04 Å². The van der Waals surface area contributed by atoms with Gasteiger partial charge in [-0.15, -0.1) is 0 Å². The molecule has 0 amide bonds. The van der Waals surface area contributed by atoms with Gasteiger partial charge in [0.2, 0.25) is 0 Å². The lowest BCUT2D eigenvalue weighted by Gasteiger charge is -2.19. The van der Waals surface area contributed by atoms with Crippen molar-refractivity contribution in [2.45, 2.75) is 32.5 Å². The van der Waals surface area contributed by atoms with Gasteiger partial charge in [0.05, 0.1) is 6.61 Å². The van der Waals surface area contributed by atoms with E-state index in [0.29, 0.717) is 12.4 Å². The Balaban J connectivity index is 2.09. The molecule has 2 N–H and O–H groups in total. The third-order valence-corrected chi connectivity index (χ3v) is 3.68. The summed E-state index contributed by atoms with van der Waals surface area (Å²) in [5.74, 6) is 0.349. The lowest BCUT2D eigenvalue weighted by molar-refractivity contribution is 0.184. The van der Waals surface area contributed by atoms with Gasteiger partial charge in [-0.1, -0.05) is 49.4 Å². The molecule has 0 radical (unpaired) electrons. The van der Waals surface area contributed by atoms with Crippen LogP contribution in [0, 0.1) is 0 Å². The second-order valence-corrected chi connectivity index (χ2v) is 5.10. The van der Waals surface area contributed by atoms with E-state index in [2.05, 4.69) is 24.4 Å². The van der Waals surface area contributed by atoms with Gasteiger partial charge in [-0.25, -0.2) is 0 Å². The fourth-order valence-electron chi connectivity index (χ4n) is 2.52. The smallest absolute Gasteiger partial charge is 0.120 e. The molecule has 21 heavy (non-hydrogen) atoms. The molecule has 3 heteroatoms. The number of rotatable bonds is 7. The fraction of sp³-hybridized carbons (Fsp3) is 0.333. The highest BCUT2D eigenvalue weighted by Gasteiger charge is 2.13. The third kappa shape index (κ3) is 4.06. The zero-order valence-electron chi connectivity index (χ0n) is 12.7. The predicted octanol–water partition coefficient (Wildman–Crippen LogP) is 3.78. The Morgan fingerprint density at radius 1 is 1.05 bits per heavy atom. The summed E-state index contributed by atoms with van der Waals surface area (Å²) in [7, 11) is 1.71. The minimum atomic E-state index is 0.141. The molecular weight excluding hydrogens is 262 g/mol. The third-order valence-electron chi connectivity index (χ3n) is 3.68. The molecule has 3 nitrogen and oxygen atoms in total. The summed E-state index contributed by atoms with van der Waals surface area (Å²) in [6, 6.07) is 15.9. The standard InChI is InChI=1S/C18H23NO2/c1-3-17(16-10-6-7-11-18(16)20)19-12-14-8-4-5-9-15(14)13-21-2/h4-11,17,19-20H,3,12-13H2,1-2H3. The zero-order chi connectivity index (χ0) is 15.1. The lowest BCUT2D eigenvalue weighted by Crippen LogP contribution is -2.21. The van der Waals surface area contributed by atoms with E-state index in [0.717, 1.165) is 18.5 Å². The van der Waals surface area contributed by atoms with Gasteiger partial charge in [0.15, 0.2) is 0 Å². The molecule has 0 spiro atoms.